The van der Waals surface area contributed by atoms with Gasteiger partial charge in [0, 0.05) is 23.6 Å². The second-order valence-corrected chi connectivity index (χ2v) is 5.12. The summed E-state index contributed by atoms with van der Waals surface area (Å²) in [6.45, 7) is 0.613. The van der Waals surface area contributed by atoms with Crippen molar-refractivity contribution < 1.29 is 13.2 Å². The highest BCUT2D eigenvalue weighted by molar-refractivity contribution is 9.09. The molecule has 0 radical (unpaired) electrons. The molecule has 1 aliphatic carbocycles. The van der Waals surface area contributed by atoms with E-state index in [2.05, 4.69) is 26.6 Å². The van der Waals surface area contributed by atoms with E-state index >= 15 is 0 Å². The molecule has 0 aromatic rings. The molecule has 2 fully saturated rings. The Morgan fingerprint density at radius 1 is 1.14 bits per heavy atom. The molecule has 2 N–H and O–H groups in total. The minimum atomic E-state index is -4.05. The zero-order valence-electron chi connectivity index (χ0n) is 7.44. The van der Waals surface area contributed by atoms with Crippen molar-refractivity contribution in [2.24, 2.45) is 5.92 Å². The Labute approximate surface area is 88.7 Å². The Morgan fingerprint density at radius 3 is 2.50 bits per heavy atom. The molecule has 2 nitrogen and oxygen atoms in total. The molecule has 2 rings (SSSR count). The van der Waals surface area contributed by atoms with E-state index in [1.807, 2.05) is 0 Å². The number of fused-ring (bicyclic) bond motifs is 1. The highest BCUT2D eigenvalue weighted by Gasteiger charge is 2.49. The van der Waals surface area contributed by atoms with Gasteiger partial charge in [0.2, 0.25) is 0 Å². The number of alkyl halides is 4. The maximum atomic E-state index is 12.5. The van der Waals surface area contributed by atoms with E-state index in [9.17, 15) is 13.2 Å². The first-order valence-electron chi connectivity index (χ1n) is 4.66. The van der Waals surface area contributed by atoms with E-state index in [0.717, 1.165) is 0 Å². The summed E-state index contributed by atoms with van der Waals surface area (Å²) in [6.07, 6.45) is -3.68. The fourth-order valence-corrected chi connectivity index (χ4v) is 3.28. The van der Waals surface area contributed by atoms with E-state index < -0.39 is 12.1 Å². The topological polar surface area (TPSA) is 24.1 Å². The number of hydrogen-bond acceptors (Lipinski definition) is 2. The molecule has 1 heterocycles. The smallest absolute Gasteiger partial charge is 0.300 e. The van der Waals surface area contributed by atoms with E-state index in [0.29, 0.717) is 6.67 Å². The number of hydrogen-bond donors (Lipinski definition) is 2. The van der Waals surface area contributed by atoms with Gasteiger partial charge >= 0.3 is 6.18 Å². The lowest BCUT2D eigenvalue weighted by atomic mass is 9.83. The average molecular weight is 273 g/mol. The summed E-state index contributed by atoms with van der Waals surface area (Å²) in [5, 5.41) is 6.20. The number of halogens is 4. The van der Waals surface area contributed by atoms with Crippen LogP contribution < -0.4 is 10.6 Å². The number of rotatable bonds is 0. The molecular formula is C8H12BrF3N2. The predicted molar refractivity (Wildman–Crippen MR) is 50.2 cm³/mol. The largest absolute Gasteiger partial charge is 0.391 e. The van der Waals surface area contributed by atoms with Crippen LogP contribution >= 0.6 is 15.9 Å². The fraction of sp³-hybridized carbons (Fsp3) is 1.00. The maximum absolute atomic E-state index is 12.5. The minimum Gasteiger partial charge on any atom is -0.300 e. The summed E-state index contributed by atoms with van der Waals surface area (Å²) in [7, 11) is 0. The second kappa shape index (κ2) is 3.64. The molecule has 4 unspecified atom stereocenters. The highest BCUT2D eigenvalue weighted by Crippen LogP contribution is 2.40. The van der Waals surface area contributed by atoms with Crippen LogP contribution in [0.5, 0.6) is 0 Å². The average Bonchev–Trinajstić information content (AvgIpc) is 2.50. The Bertz CT molecular complexity index is 221. The minimum absolute atomic E-state index is 0.0419. The normalized spacial score (nSPS) is 43.7. The zero-order valence-corrected chi connectivity index (χ0v) is 9.03. The van der Waals surface area contributed by atoms with Gasteiger partial charge in [-0.25, -0.2) is 0 Å². The Hall–Kier alpha value is 0.190. The molecule has 4 atom stereocenters. The van der Waals surface area contributed by atoms with Gasteiger partial charge in [-0.1, -0.05) is 15.9 Å². The van der Waals surface area contributed by atoms with Crippen molar-refractivity contribution in [2.45, 2.75) is 35.9 Å². The van der Waals surface area contributed by atoms with Gasteiger partial charge in [-0.3, -0.25) is 5.32 Å². The first-order chi connectivity index (χ1) is 6.48. The third kappa shape index (κ3) is 1.92. The van der Waals surface area contributed by atoms with Crippen molar-refractivity contribution in [1.82, 2.24) is 10.6 Å². The Kier molecular flexibility index (Phi) is 2.79. The highest BCUT2D eigenvalue weighted by atomic mass is 79.9. The molecule has 1 saturated carbocycles. The van der Waals surface area contributed by atoms with Crippen LogP contribution in [0.2, 0.25) is 0 Å². The van der Waals surface area contributed by atoms with Crippen LogP contribution in [0.1, 0.15) is 12.8 Å². The molecule has 1 aliphatic heterocycles. The van der Waals surface area contributed by atoms with E-state index in [1.165, 1.54) is 0 Å². The summed E-state index contributed by atoms with van der Waals surface area (Å²) in [4.78, 5) is -0.0807. The molecule has 0 bridgehead atoms. The van der Waals surface area contributed by atoms with Crippen molar-refractivity contribution in [2.75, 3.05) is 6.67 Å². The molecular weight excluding hydrogens is 261 g/mol. The van der Waals surface area contributed by atoms with Crippen molar-refractivity contribution in [3.8, 4) is 0 Å². The summed E-state index contributed by atoms with van der Waals surface area (Å²) in [5.74, 6) is -1.17. The fourth-order valence-electron chi connectivity index (χ4n) is 2.28. The van der Waals surface area contributed by atoms with Crippen LogP contribution in [-0.2, 0) is 0 Å². The quantitative estimate of drug-likeness (QED) is 0.655. The van der Waals surface area contributed by atoms with Crippen molar-refractivity contribution in [3.05, 3.63) is 0 Å². The summed E-state index contributed by atoms with van der Waals surface area (Å²) < 4.78 is 37.5. The molecule has 14 heavy (non-hydrogen) atoms. The molecule has 2 aliphatic rings. The first-order valence-corrected chi connectivity index (χ1v) is 5.57. The van der Waals surface area contributed by atoms with Gasteiger partial charge in [0.15, 0.2) is 0 Å². The lowest BCUT2D eigenvalue weighted by Gasteiger charge is -2.36. The lowest BCUT2D eigenvalue weighted by Crippen LogP contribution is -2.49. The van der Waals surface area contributed by atoms with E-state index in [-0.39, 0.29) is 29.8 Å². The standard InChI is InChI=1S/C8H12BrF3N2/c9-5-1-4(8(10,11)12)2-6-7(5)14-3-13-6/h4-7,13-14H,1-3H2. The molecule has 0 spiro atoms. The summed E-state index contributed by atoms with van der Waals surface area (Å²) in [6, 6.07) is 0.105. The molecule has 0 aromatic heterocycles. The van der Waals surface area contributed by atoms with Crippen molar-refractivity contribution in [3.63, 3.8) is 0 Å². The van der Waals surface area contributed by atoms with Crippen molar-refractivity contribution >= 4 is 15.9 Å². The molecule has 0 aromatic carbocycles. The van der Waals surface area contributed by atoms with Crippen LogP contribution in [-0.4, -0.2) is 29.8 Å². The van der Waals surface area contributed by atoms with Gasteiger partial charge in [0.05, 0.1) is 5.92 Å². The maximum Gasteiger partial charge on any atom is 0.391 e. The molecule has 82 valence electrons. The summed E-state index contributed by atoms with van der Waals surface area (Å²) >= 11 is 3.33. The van der Waals surface area contributed by atoms with Crippen LogP contribution in [0.4, 0.5) is 13.2 Å². The van der Waals surface area contributed by atoms with Crippen LogP contribution in [0.3, 0.4) is 0 Å². The monoisotopic (exact) mass is 272 g/mol. The zero-order chi connectivity index (χ0) is 10.3. The van der Waals surface area contributed by atoms with Crippen LogP contribution in [0, 0.1) is 5.92 Å². The lowest BCUT2D eigenvalue weighted by molar-refractivity contribution is -0.183. The molecule has 1 saturated heterocycles. The first kappa shape index (κ1) is 10.7. The van der Waals surface area contributed by atoms with Gasteiger partial charge in [0.1, 0.15) is 0 Å². The molecule has 6 heteroatoms. The third-order valence-corrected chi connectivity index (χ3v) is 3.98. The Morgan fingerprint density at radius 2 is 1.86 bits per heavy atom. The second-order valence-electron chi connectivity index (χ2n) is 3.94. The van der Waals surface area contributed by atoms with Crippen LogP contribution in [0.25, 0.3) is 0 Å². The Balaban J connectivity index is 2.06. The van der Waals surface area contributed by atoms with Gasteiger partial charge in [-0.2, -0.15) is 13.2 Å². The predicted octanol–water partition coefficient (Wildman–Crippen LogP) is 1.61. The molecule has 0 amide bonds. The van der Waals surface area contributed by atoms with E-state index in [4.69, 9.17) is 0 Å². The van der Waals surface area contributed by atoms with Gasteiger partial charge in [-0.15, -0.1) is 0 Å². The van der Waals surface area contributed by atoms with Gasteiger partial charge in [0.25, 0.3) is 0 Å². The van der Waals surface area contributed by atoms with Gasteiger partial charge < -0.3 is 5.32 Å². The van der Waals surface area contributed by atoms with Crippen molar-refractivity contribution in [1.29, 1.82) is 0 Å². The van der Waals surface area contributed by atoms with E-state index in [1.54, 1.807) is 0 Å². The third-order valence-electron chi connectivity index (χ3n) is 3.04. The number of nitrogens with one attached hydrogen (secondary N) is 2. The van der Waals surface area contributed by atoms with Crippen LogP contribution in [0.15, 0.2) is 0 Å². The SMILES string of the molecule is FC(F)(F)C1CC(Br)C2NCNC2C1. The summed E-state index contributed by atoms with van der Waals surface area (Å²) in [5.41, 5.74) is 0. The van der Waals surface area contributed by atoms with Gasteiger partial charge in [-0.05, 0) is 12.8 Å².